The molecule has 0 spiro atoms. The molecule has 31 heavy (non-hydrogen) atoms. The number of carbonyl (C=O) groups is 2. The maximum absolute atomic E-state index is 13.0. The van der Waals surface area contributed by atoms with Crippen molar-refractivity contribution < 1.29 is 14.3 Å². The van der Waals surface area contributed by atoms with Gasteiger partial charge in [0.05, 0.1) is 12.8 Å². The van der Waals surface area contributed by atoms with Crippen LogP contribution in [0.4, 0.5) is 5.69 Å². The highest BCUT2D eigenvalue weighted by atomic mass is 16.5. The van der Waals surface area contributed by atoms with Crippen molar-refractivity contribution in [3.05, 3.63) is 83.9 Å². The second kappa shape index (κ2) is 7.76. The van der Waals surface area contributed by atoms with Gasteiger partial charge in [0.1, 0.15) is 5.75 Å². The van der Waals surface area contributed by atoms with Crippen LogP contribution >= 0.6 is 0 Å². The van der Waals surface area contributed by atoms with Crippen LogP contribution in [-0.4, -0.2) is 36.9 Å². The van der Waals surface area contributed by atoms with E-state index in [1.165, 1.54) is 4.90 Å². The highest BCUT2D eigenvalue weighted by Crippen LogP contribution is 2.31. The van der Waals surface area contributed by atoms with E-state index in [4.69, 9.17) is 4.74 Å². The SMILES string of the molecule is COc1cc2ccccc2cc1NCCCN1C(=O)c2cccc3cccc(c23)C1=O. The second-order valence-corrected chi connectivity index (χ2v) is 7.65. The lowest BCUT2D eigenvalue weighted by Gasteiger charge is -2.27. The number of imide groups is 1. The molecule has 5 nitrogen and oxygen atoms in total. The van der Waals surface area contributed by atoms with Crippen LogP contribution in [0.1, 0.15) is 27.1 Å². The number of amides is 2. The first kappa shape index (κ1) is 19.1. The Balaban J connectivity index is 1.31. The third-order valence-electron chi connectivity index (χ3n) is 5.80. The van der Waals surface area contributed by atoms with E-state index < -0.39 is 0 Å². The largest absolute Gasteiger partial charge is 0.495 e. The van der Waals surface area contributed by atoms with Gasteiger partial charge in [0.2, 0.25) is 0 Å². The lowest BCUT2D eigenvalue weighted by molar-refractivity contribution is 0.0610. The van der Waals surface area contributed by atoms with E-state index in [9.17, 15) is 9.59 Å². The number of methoxy groups -OCH3 is 1. The molecule has 0 unspecified atom stereocenters. The highest BCUT2D eigenvalue weighted by molar-refractivity contribution is 6.25. The number of hydrogen-bond acceptors (Lipinski definition) is 4. The Morgan fingerprint density at radius 2 is 1.42 bits per heavy atom. The maximum atomic E-state index is 13.0. The van der Waals surface area contributed by atoms with Crippen LogP contribution in [0.5, 0.6) is 5.75 Å². The summed E-state index contributed by atoms with van der Waals surface area (Å²) in [4.78, 5) is 27.3. The van der Waals surface area contributed by atoms with Crippen molar-refractivity contribution in [2.45, 2.75) is 6.42 Å². The van der Waals surface area contributed by atoms with Gasteiger partial charge in [-0.05, 0) is 46.8 Å². The molecule has 4 aromatic rings. The van der Waals surface area contributed by atoms with Crippen molar-refractivity contribution >= 4 is 39.0 Å². The molecule has 5 heteroatoms. The number of fused-ring (bicyclic) bond motifs is 1. The summed E-state index contributed by atoms with van der Waals surface area (Å²) in [5, 5.41) is 7.30. The molecule has 0 aromatic heterocycles. The molecule has 1 N–H and O–H groups in total. The number of nitrogens with one attached hydrogen (secondary N) is 1. The molecule has 0 bridgehead atoms. The van der Waals surface area contributed by atoms with Gasteiger partial charge in [0.15, 0.2) is 0 Å². The number of hydrogen-bond donors (Lipinski definition) is 1. The predicted molar refractivity (Wildman–Crippen MR) is 123 cm³/mol. The molecule has 0 saturated heterocycles. The van der Waals surface area contributed by atoms with E-state index in [2.05, 4.69) is 17.4 Å². The van der Waals surface area contributed by atoms with Gasteiger partial charge in [-0.2, -0.15) is 0 Å². The summed E-state index contributed by atoms with van der Waals surface area (Å²) < 4.78 is 5.52. The van der Waals surface area contributed by atoms with Crippen molar-refractivity contribution in [2.75, 3.05) is 25.5 Å². The first-order chi connectivity index (χ1) is 15.2. The Hall–Kier alpha value is -3.86. The van der Waals surface area contributed by atoms with Gasteiger partial charge < -0.3 is 10.1 Å². The van der Waals surface area contributed by atoms with E-state index in [0.29, 0.717) is 30.6 Å². The molecule has 1 heterocycles. The normalized spacial score (nSPS) is 13.1. The fraction of sp³-hybridized carbons (Fsp3) is 0.154. The minimum Gasteiger partial charge on any atom is -0.495 e. The number of nitrogens with zero attached hydrogens (tertiary/aromatic N) is 1. The fourth-order valence-electron chi connectivity index (χ4n) is 4.27. The number of carbonyl (C=O) groups excluding carboxylic acids is 2. The zero-order chi connectivity index (χ0) is 21.4. The van der Waals surface area contributed by atoms with Crippen LogP contribution in [0.15, 0.2) is 72.8 Å². The van der Waals surface area contributed by atoms with Crippen molar-refractivity contribution in [1.29, 1.82) is 0 Å². The Morgan fingerprint density at radius 3 is 2.06 bits per heavy atom. The molecule has 0 radical (unpaired) electrons. The van der Waals surface area contributed by atoms with E-state index in [0.717, 1.165) is 33.0 Å². The maximum Gasteiger partial charge on any atom is 0.261 e. The molecule has 4 aromatic carbocycles. The number of benzene rings is 4. The van der Waals surface area contributed by atoms with Crippen molar-refractivity contribution in [3.63, 3.8) is 0 Å². The monoisotopic (exact) mass is 410 g/mol. The Morgan fingerprint density at radius 1 is 0.806 bits per heavy atom. The summed E-state index contributed by atoms with van der Waals surface area (Å²) in [6, 6.07) is 23.4. The van der Waals surface area contributed by atoms with Crippen molar-refractivity contribution in [1.82, 2.24) is 4.90 Å². The van der Waals surface area contributed by atoms with E-state index in [-0.39, 0.29) is 11.8 Å². The third-order valence-corrected chi connectivity index (χ3v) is 5.80. The summed E-state index contributed by atoms with van der Waals surface area (Å²) in [6.07, 6.45) is 0.631. The topological polar surface area (TPSA) is 58.6 Å². The molecule has 0 aliphatic carbocycles. The number of ether oxygens (including phenoxy) is 1. The number of rotatable bonds is 6. The third kappa shape index (κ3) is 3.28. The van der Waals surface area contributed by atoms with Gasteiger partial charge in [-0.25, -0.2) is 0 Å². The standard InChI is InChI=1S/C26H22N2O3/c1-31-23-16-19-8-3-2-7-18(19)15-22(23)27-13-6-14-28-25(29)20-11-4-9-17-10-5-12-21(24(17)20)26(28)30/h2-5,7-12,15-16,27H,6,13-14H2,1H3. The average Bonchev–Trinajstić information content (AvgIpc) is 2.81. The summed E-state index contributed by atoms with van der Waals surface area (Å²) in [5.41, 5.74) is 2.08. The van der Waals surface area contributed by atoms with Crippen LogP contribution in [0.2, 0.25) is 0 Å². The molecule has 1 aliphatic heterocycles. The van der Waals surface area contributed by atoms with Gasteiger partial charge in [0.25, 0.3) is 11.8 Å². The molecule has 5 rings (SSSR count). The molecule has 0 saturated carbocycles. The Bertz CT molecular complexity index is 1280. The zero-order valence-electron chi connectivity index (χ0n) is 17.2. The van der Waals surface area contributed by atoms with E-state index in [1.807, 2.05) is 48.5 Å². The lowest BCUT2D eigenvalue weighted by atomic mass is 9.94. The second-order valence-electron chi connectivity index (χ2n) is 7.65. The predicted octanol–water partition coefficient (Wildman–Crippen LogP) is 5.10. The first-order valence-electron chi connectivity index (χ1n) is 10.4. The Labute approximate surface area is 180 Å². The van der Waals surface area contributed by atoms with Gasteiger partial charge in [-0.15, -0.1) is 0 Å². The minimum atomic E-state index is -0.224. The smallest absolute Gasteiger partial charge is 0.261 e. The average molecular weight is 410 g/mol. The molecular weight excluding hydrogens is 388 g/mol. The van der Waals surface area contributed by atoms with Gasteiger partial charge in [0, 0.05) is 29.6 Å². The summed E-state index contributed by atoms with van der Waals surface area (Å²) in [5.74, 6) is 0.319. The van der Waals surface area contributed by atoms with Crippen LogP contribution in [0.25, 0.3) is 21.5 Å². The summed E-state index contributed by atoms with van der Waals surface area (Å²) >= 11 is 0. The minimum absolute atomic E-state index is 0.224. The van der Waals surface area contributed by atoms with Gasteiger partial charge in [-0.3, -0.25) is 14.5 Å². The zero-order valence-corrected chi connectivity index (χ0v) is 17.2. The van der Waals surface area contributed by atoms with Gasteiger partial charge in [-0.1, -0.05) is 48.5 Å². The number of anilines is 1. The summed E-state index contributed by atoms with van der Waals surface area (Å²) in [7, 11) is 1.65. The highest BCUT2D eigenvalue weighted by Gasteiger charge is 2.32. The van der Waals surface area contributed by atoms with Crippen molar-refractivity contribution in [2.24, 2.45) is 0 Å². The summed E-state index contributed by atoms with van der Waals surface area (Å²) in [6.45, 7) is 0.961. The van der Waals surface area contributed by atoms with Crippen molar-refractivity contribution in [3.8, 4) is 5.75 Å². The molecular formula is C26H22N2O3. The van der Waals surface area contributed by atoms with E-state index >= 15 is 0 Å². The first-order valence-corrected chi connectivity index (χ1v) is 10.4. The van der Waals surface area contributed by atoms with Crippen LogP contribution in [-0.2, 0) is 0 Å². The van der Waals surface area contributed by atoms with Crippen LogP contribution in [0, 0.1) is 0 Å². The molecule has 2 amide bonds. The lowest BCUT2D eigenvalue weighted by Crippen LogP contribution is -2.41. The van der Waals surface area contributed by atoms with Crippen LogP contribution in [0.3, 0.4) is 0 Å². The molecule has 0 fully saturated rings. The van der Waals surface area contributed by atoms with E-state index in [1.54, 1.807) is 19.2 Å². The fourth-order valence-corrected chi connectivity index (χ4v) is 4.27. The van der Waals surface area contributed by atoms with Gasteiger partial charge >= 0.3 is 0 Å². The van der Waals surface area contributed by atoms with Crippen LogP contribution < -0.4 is 10.1 Å². The Kier molecular flexibility index (Phi) is 4.79. The molecule has 1 aliphatic rings. The molecule has 0 atom stereocenters. The quantitative estimate of drug-likeness (QED) is 0.355. The molecule has 154 valence electrons.